The summed E-state index contributed by atoms with van der Waals surface area (Å²) >= 11 is 4.02. The van der Waals surface area contributed by atoms with Crippen LogP contribution >= 0.6 is 27.3 Å². The van der Waals surface area contributed by atoms with Crippen LogP contribution in [0.4, 0.5) is 8.78 Å². The number of ether oxygens (including phenoxy) is 1. The molecule has 0 bridgehead atoms. The van der Waals surface area contributed by atoms with Crippen molar-refractivity contribution in [2.75, 3.05) is 6.61 Å². The van der Waals surface area contributed by atoms with Gasteiger partial charge in [0.2, 0.25) is 0 Å². The van der Waals surface area contributed by atoms with Crippen LogP contribution < -0.4 is 0 Å². The summed E-state index contributed by atoms with van der Waals surface area (Å²) in [5.74, 6) is -5.65. The fourth-order valence-electron chi connectivity index (χ4n) is 0.993. The first-order valence-corrected chi connectivity index (χ1v) is 5.98. The lowest BCUT2D eigenvalue weighted by Crippen LogP contribution is -2.37. The summed E-state index contributed by atoms with van der Waals surface area (Å²) in [4.78, 5) is 11.0. The van der Waals surface area contributed by atoms with Crippen LogP contribution in [-0.4, -0.2) is 23.6 Å². The van der Waals surface area contributed by atoms with E-state index in [0.717, 1.165) is 11.3 Å². The fourth-order valence-corrected chi connectivity index (χ4v) is 2.44. The Balaban J connectivity index is 2.87. The average Bonchev–Trinajstić information content (AvgIpc) is 2.64. The number of rotatable bonds is 4. The molecule has 0 amide bonds. The predicted octanol–water partition coefficient (Wildman–Crippen LogP) is 2.74. The number of halogens is 3. The number of esters is 1. The summed E-state index contributed by atoms with van der Waals surface area (Å²) < 4.78 is 31.5. The van der Waals surface area contributed by atoms with Crippen molar-refractivity contribution in [3.05, 3.63) is 20.8 Å². The zero-order valence-electron chi connectivity index (χ0n) is 8.25. The summed E-state index contributed by atoms with van der Waals surface area (Å²) in [5, 5.41) is 9.40. The third-order valence-electron chi connectivity index (χ3n) is 1.75. The maximum absolute atomic E-state index is 13.4. The lowest BCUT2D eigenvalue weighted by Gasteiger charge is -2.19. The topological polar surface area (TPSA) is 46.5 Å². The van der Waals surface area contributed by atoms with Crippen LogP contribution in [0, 0.1) is 0 Å². The number of aliphatic hydroxyl groups is 1. The molecule has 0 aliphatic rings. The lowest BCUT2D eigenvalue weighted by atomic mass is 10.1. The summed E-state index contributed by atoms with van der Waals surface area (Å²) in [7, 11) is 0. The minimum atomic E-state index is -3.93. The van der Waals surface area contributed by atoms with Gasteiger partial charge in [-0.05, 0) is 35.0 Å². The zero-order valence-corrected chi connectivity index (χ0v) is 10.6. The molecule has 1 aromatic heterocycles. The van der Waals surface area contributed by atoms with Gasteiger partial charge in [0.25, 0.3) is 0 Å². The van der Waals surface area contributed by atoms with Gasteiger partial charge in [-0.25, -0.2) is 4.79 Å². The van der Waals surface area contributed by atoms with Crippen LogP contribution in [0.25, 0.3) is 0 Å². The summed E-state index contributed by atoms with van der Waals surface area (Å²) in [5.41, 5.74) is 0. The molecule has 1 atom stereocenters. The summed E-state index contributed by atoms with van der Waals surface area (Å²) in [6.45, 7) is 1.26. The molecule has 0 saturated heterocycles. The quantitative estimate of drug-likeness (QED) is 0.869. The smallest absolute Gasteiger partial charge is 0.380 e. The van der Waals surface area contributed by atoms with Crippen LogP contribution in [0.5, 0.6) is 0 Å². The molecular weight excluding hydrogens is 306 g/mol. The van der Waals surface area contributed by atoms with Crippen molar-refractivity contribution in [1.82, 2.24) is 0 Å². The molecule has 0 radical (unpaired) electrons. The van der Waals surface area contributed by atoms with Gasteiger partial charge in [0.05, 0.1) is 10.4 Å². The zero-order chi connectivity index (χ0) is 12.3. The number of carbonyl (C=O) groups excluding carboxylic acids is 1. The molecule has 1 rings (SSSR count). The SMILES string of the molecule is CCOC(=O)C(F)(F)C(O)c1ccc(Br)s1. The number of thiophene rings is 1. The highest BCUT2D eigenvalue weighted by Gasteiger charge is 2.49. The third kappa shape index (κ3) is 2.78. The monoisotopic (exact) mass is 314 g/mol. The molecule has 0 aliphatic heterocycles. The van der Waals surface area contributed by atoms with Crippen LogP contribution in [0.2, 0.25) is 0 Å². The molecule has 1 aromatic rings. The Bertz CT molecular complexity index is 381. The van der Waals surface area contributed by atoms with E-state index in [9.17, 15) is 18.7 Å². The number of alkyl halides is 2. The van der Waals surface area contributed by atoms with E-state index in [0.29, 0.717) is 3.79 Å². The van der Waals surface area contributed by atoms with Crippen molar-refractivity contribution in [2.45, 2.75) is 19.0 Å². The van der Waals surface area contributed by atoms with E-state index in [1.807, 2.05) is 0 Å². The maximum Gasteiger partial charge on any atom is 0.380 e. The van der Waals surface area contributed by atoms with Gasteiger partial charge in [0, 0.05) is 4.88 Å². The normalized spacial score (nSPS) is 13.6. The molecule has 1 heterocycles. The third-order valence-corrected chi connectivity index (χ3v) is 3.43. The number of hydrogen-bond acceptors (Lipinski definition) is 4. The second-order valence-electron chi connectivity index (χ2n) is 2.89. The van der Waals surface area contributed by atoms with E-state index >= 15 is 0 Å². The Hall–Kier alpha value is -0.530. The lowest BCUT2D eigenvalue weighted by molar-refractivity contribution is -0.188. The van der Waals surface area contributed by atoms with Gasteiger partial charge >= 0.3 is 11.9 Å². The van der Waals surface area contributed by atoms with Crippen LogP contribution in [0.3, 0.4) is 0 Å². The summed E-state index contributed by atoms with van der Waals surface area (Å²) in [6, 6.07) is 2.84. The van der Waals surface area contributed by atoms with Crippen molar-refractivity contribution < 1.29 is 23.4 Å². The van der Waals surface area contributed by atoms with Gasteiger partial charge in [-0.15, -0.1) is 11.3 Å². The Labute approximate surface area is 103 Å². The van der Waals surface area contributed by atoms with Crippen LogP contribution in [0.15, 0.2) is 15.9 Å². The Morgan fingerprint density at radius 3 is 2.75 bits per heavy atom. The van der Waals surface area contributed by atoms with Gasteiger partial charge in [-0.2, -0.15) is 8.78 Å². The van der Waals surface area contributed by atoms with Crippen LogP contribution in [0.1, 0.15) is 17.9 Å². The first kappa shape index (κ1) is 13.5. The largest absolute Gasteiger partial charge is 0.461 e. The van der Waals surface area contributed by atoms with Crippen LogP contribution in [-0.2, 0) is 9.53 Å². The van der Waals surface area contributed by atoms with E-state index in [1.54, 1.807) is 0 Å². The van der Waals surface area contributed by atoms with Crippen molar-refractivity contribution in [2.24, 2.45) is 0 Å². The molecule has 1 N–H and O–H groups in total. The number of aliphatic hydroxyl groups excluding tert-OH is 1. The van der Waals surface area contributed by atoms with Gasteiger partial charge in [0.15, 0.2) is 6.10 Å². The van der Waals surface area contributed by atoms with Crippen molar-refractivity contribution >= 4 is 33.2 Å². The van der Waals surface area contributed by atoms with Gasteiger partial charge in [-0.3, -0.25) is 0 Å². The van der Waals surface area contributed by atoms with E-state index in [-0.39, 0.29) is 11.5 Å². The first-order valence-electron chi connectivity index (χ1n) is 4.38. The molecule has 0 aromatic carbocycles. The maximum atomic E-state index is 13.4. The molecule has 3 nitrogen and oxygen atoms in total. The van der Waals surface area contributed by atoms with Crippen molar-refractivity contribution in [1.29, 1.82) is 0 Å². The van der Waals surface area contributed by atoms with Crippen molar-refractivity contribution in [3.8, 4) is 0 Å². The molecule has 0 spiro atoms. The van der Waals surface area contributed by atoms with Gasteiger partial charge in [0.1, 0.15) is 0 Å². The average molecular weight is 315 g/mol. The van der Waals surface area contributed by atoms with E-state index in [1.165, 1.54) is 19.1 Å². The molecule has 16 heavy (non-hydrogen) atoms. The second-order valence-corrected chi connectivity index (χ2v) is 5.38. The number of hydrogen-bond donors (Lipinski definition) is 1. The Kier molecular flexibility index (Phi) is 4.40. The standard InChI is InChI=1S/C9H9BrF2O3S/c1-2-15-8(14)9(11,12)7(13)5-3-4-6(10)16-5/h3-4,7,13H,2H2,1H3. The number of carbonyl (C=O) groups is 1. The minimum Gasteiger partial charge on any atom is -0.461 e. The molecule has 90 valence electrons. The fraction of sp³-hybridized carbons (Fsp3) is 0.444. The van der Waals surface area contributed by atoms with Crippen molar-refractivity contribution in [3.63, 3.8) is 0 Å². The van der Waals surface area contributed by atoms with E-state index in [4.69, 9.17) is 0 Å². The summed E-state index contributed by atoms with van der Waals surface area (Å²) in [6.07, 6.45) is -2.18. The molecular formula is C9H9BrF2O3S. The molecule has 7 heteroatoms. The minimum absolute atomic E-state index is 0.00456. The highest BCUT2D eigenvalue weighted by atomic mass is 79.9. The Morgan fingerprint density at radius 1 is 1.69 bits per heavy atom. The van der Waals surface area contributed by atoms with Gasteiger partial charge < -0.3 is 9.84 Å². The highest BCUT2D eigenvalue weighted by Crippen LogP contribution is 2.37. The predicted molar refractivity (Wildman–Crippen MR) is 58.6 cm³/mol. The molecule has 0 aliphatic carbocycles. The first-order chi connectivity index (χ1) is 7.39. The Morgan fingerprint density at radius 2 is 2.31 bits per heavy atom. The molecule has 0 fully saturated rings. The van der Waals surface area contributed by atoms with E-state index < -0.39 is 18.0 Å². The molecule has 0 saturated carbocycles. The molecule has 1 unspecified atom stereocenters. The van der Waals surface area contributed by atoms with E-state index in [2.05, 4.69) is 20.7 Å². The van der Waals surface area contributed by atoms with Gasteiger partial charge in [-0.1, -0.05) is 0 Å². The second kappa shape index (κ2) is 5.20. The highest BCUT2D eigenvalue weighted by molar-refractivity contribution is 9.11.